The topological polar surface area (TPSA) is 86.9 Å². The minimum atomic E-state index is -3.61. The second-order valence-electron chi connectivity index (χ2n) is 4.40. The van der Waals surface area contributed by atoms with E-state index in [4.69, 9.17) is 0 Å². The van der Waals surface area contributed by atoms with E-state index in [9.17, 15) is 8.42 Å². The first kappa shape index (κ1) is 12.0. The predicted molar refractivity (Wildman–Crippen MR) is 72.6 cm³/mol. The third-order valence-electron chi connectivity index (χ3n) is 3.08. The van der Waals surface area contributed by atoms with Crippen LogP contribution < -0.4 is 10.0 Å². The van der Waals surface area contributed by atoms with Crippen LogP contribution in [0, 0.1) is 0 Å². The highest BCUT2D eigenvalue weighted by Crippen LogP contribution is 2.31. The molecule has 3 rings (SSSR count). The average Bonchev–Trinajstić information content (AvgIpc) is 2.93. The summed E-state index contributed by atoms with van der Waals surface area (Å²) >= 11 is 0. The van der Waals surface area contributed by atoms with E-state index in [1.54, 1.807) is 6.07 Å². The molecule has 0 fully saturated rings. The van der Waals surface area contributed by atoms with Crippen LogP contribution in [0.3, 0.4) is 0 Å². The van der Waals surface area contributed by atoms with Crippen LogP contribution in [0.15, 0.2) is 35.5 Å². The molecular formula is C12H14N4O2S. The van der Waals surface area contributed by atoms with E-state index in [0.717, 1.165) is 30.6 Å². The maximum Gasteiger partial charge on any atom is 0.278 e. The van der Waals surface area contributed by atoms with Gasteiger partial charge in [0.25, 0.3) is 10.0 Å². The fraction of sp³-hybridized carbons (Fsp3) is 0.250. The summed E-state index contributed by atoms with van der Waals surface area (Å²) in [6, 6.07) is 7.04. The maximum atomic E-state index is 12.1. The van der Waals surface area contributed by atoms with Gasteiger partial charge in [0.05, 0.1) is 17.6 Å². The lowest BCUT2D eigenvalue weighted by atomic mass is 10.0. The van der Waals surface area contributed by atoms with Crippen LogP contribution in [0.2, 0.25) is 0 Å². The van der Waals surface area contributed by atoms with Crippen molar-refractivity contribution in [3.05, 3.63) is 36.0 Å². The lowest BCUT2D eigenvalue weighted by Gasteiger charge is -2.21. The quantitative estimate of drug-likeness (QED) is 0.795. The van der Waals surface area contributed by atoms with Gasteiger partial charge in [-0.3, -0.25) is 9.82 Å². The first-order chi connectivity index (χ1) is 9.17. The van der Waals surface area contributed by atoms with E-state index < -0.39 is 10.0 Å². The summed E-state index contributed by atoms with van der Waals surface area (Å²) in [6.45, 7) is 0.857. The zero-order valence-electron chi connectivity index (χ0n) is 10.2. The van der Waals surface area contributed by atoms with Crippen LogP contribution in [-0.2, 0) is 16.4 Å². The highest BCUT2D eigenvalue weighted by atomic mass is 32.2. The first-order valence-electron chi connectivity index (χ1n) is 6.05. The van der Waals surface area contributed by atoms with Crippen LogP contribution >= 0.6 is 0 Å². The molecule has 0 atom stereocenters. The number of benzene rings is 1. The Kier molecular flexibility index (Phi) is 2.90. The zero-order valence-corrected chi connectivity index (χ0v) is 11.0. The molecule has 0 saturated carbocycles. The number of para-hydroxylation sites is 1. The Morgan fingerprint density at radius 1 is 1.26 bits per heavy atom. The zero-order chi connectivity index (χ0) is 13.3. The molecular weight excluding hydrogens is 264 g/mol. The van der Waals surface area contributed by atoms with Crippen molar-refractivity contribution in [2.75, 3.05) is 16.6 Å². The summed E-state index contributed by atoms with van der Waals surface area (Å²) in [5, 5.41) is 9.42. The summed E-state index contributed by atoms with van der Waals surface area (Å²) in [5.74, 6) is 0. The number of aromatic nitrogens is 2. The van der Waals surface area contributed by atoms with Crippen molar-refractivity contribution in [3.63, 3.8) is 0 Å². The number of nitrogens with zero attached hydrogens (tertiary/aromatic N) is 1. The Hall–Kier alpha value is -2.02. The molecule has 1 aromatic carbocycles. The van der Waals surface area contributed by atoms with Gasteiger partial charge in [-0.15, -0.1) is 0 Å². The highest BCUT2D eigenvalue weighted by molar-refractivity contribution is 7.92. The molecule has 3 N–H and O–H groups in total. The average molecular weight is 278 g/mol. The molecule has 100 valence electrons. The monoisotopic (exact) mass is 278 g/mol. The van der Waals surface area contributed by atoms with Gasteiger partial charge in [-0.2, -0.15) is 13.5 Å². The van der Waals surface area contributed by atoms with Crippen LogP contribution in [0.1, 0.15) is 12.0 Å². The number of hydrogen-bond acceptors (Lipinski definition) is 4. The predicted octanol–water partition coefficient (Wildman–Crippen LogP) is 1.57. The molecule has 6 nitrogen and oxygen atoms in total. The minimum Gasteiger partial charge on any atom is -0.383 e. The van der Waals surface area contributed by atoms with Crippen LogP contribution in [-0.4, -0.2) is 25.2 Å². The summed E-state index contributed by atoms with van der Waals surface area (Å²) in [7, 11) is -3.61. The van der Waals surface area contributed by atoms with Crippen molar-refractivity contribution in [2.24, 2.45) is 0 Å². The SMILES string of the molecule is O=S(=O)(Nc1cccc2c1NCCC2)c1ccn[nH]1. The molecule has 2 heterocycles. The van der Waals surface area contributed by atoms with E-state index in [-0.39, 0.29) is 5.03 Å². The van der Waals surface area contributed by atoms with Gasteiger partial charge in [0.1, 0.15) is 0 Å². The molecule has 0 amide bonds. The fourth-order valence-corrected chi connectivity index (χ4v) is 3.17. The largest absolute Gasteiger partial charge is 0.383 e. The molecule has 0 bridgehead atoms. The van der Waals surface area contributed by atoms with Crippen LogP contribution in [0.25, 0.3) is 0 Å². The normalized spacial score (nSPS) is 14.5. The Morgan fingerprint density at radius 3 is 2.95 bits per heavy atom. The molecule has 1 aromatic heterocycles. The van der Waals surface area contributed by atoms with Crippen LogP contribution in [0.4, 0.5) is 11.4 Å². The van der Waals surface area contributed by atoms with Crippen molar-refractivity contribution in [3.8, 4) is 0 Å². The van der Waals surface area contributed by atoms with Crippen molar-refractivity contribution < 1.29 is 8.42 Å². The Bertz CT molecular complexity index is 680. The number of nitrogens with one attached hydrogen (secondary N) is 3. The number of aryl methyl sites for hydroxylation is 1. The summed E-state index contributed by atoms with van der Waals surface area (Å²) in [5.41, 5.74) is 2.58. The Morgan fingerprint density at radius 2 is 2.16 bits per heavy atom. The fourth-order valence-electron chi connectivity index (χ4n) is 2.19. The van der Waals surface area contributed by atoms with Crippen molar-refractivity contribution in [1.29, 1.82) is 0 Å². The molecule has 0 radical (unpaired) electrons. The summed E-state index contributed by atoms with van der Waals surface area (Å²) < 4.78 is 26.9. The number of fused-ring (bicyclic) bond motifs is 1. The molecule has 0 spiro atoms. The molecule has 1 aliphatic rings. The van der Waals surface area contributed by atoms with Crippen molar-refractivity contribution >= 4 is 21.4 Å². The highest BCUT2D eigenvalue weighted by Gasteiger charge is 2.19. The number of H-pyrrole nitrogens is 1. The van der Waals surface area contributed by atoms with Gasteiger partial charge in [0.2, 0.25) is 0 Å². The molecule has 0 saturated heterocycles. The third-order valence-corrected chi connectivity index (χ3v) is 4.38. The van der Waals surface area contributed by atoms with Crippen LogP contribution in [0.5, 0.6) is 0 Å². The van der Waals surface area contributed by atoms with E-state index in [1.165, 1.54) is 12.3 Å². The number of rotatable bonds is 3. The first-order valence-corrected chi connectivity index (χ1v) is 7.53. The molecule has 7 heteroatoms. The van der Waals surface area contributed by atoms with E-state index >= 15 is 0 Å². The minimum absolute atomic E-state index is 0.0564. The standard InChI is InChI=1S/C12H14N4O2S/c17-19(18,11-6-8-14-15-11)16-10-5-1-3-9-4-2-7-13-12(9)10/h1,3,5-6,8,13,16H,2,4,7H2,(H,14,15). The van der Waals surface area contributed by atoms with Gasteiger partial charge in [-0.05, 0) is 30.5 Å². The number of anilines is 2. The van der Waals surface area contributed by atoms with Gasteiger partial charge < -0.3 is 5.32 Å². The summed E-state index contributed by atoms with van der Waals surface area (Å²) in [6.07, 6.45) is 3.43. The lowest BCUT2D eigenvalue weighted by molar-refractivity contribution is 0.597. The van der Waals surface area contributed by atoms with Gasteiger partial charge >= 0.3 is 0 Å². The lowest BCUT2D eigenvalue weighted by Crippen LogP contribution is -2.18. The van der Waals surface area contributed by atoms with Gasteiger partial charge in [0, 0.05) is 6.54 Å². The van der Waals surface area contributed by atoms with Crippen molar-refractivity contribution in [2.45, 2.75) is 17.9 Å². The van der Waals surface area contributed by atoms with E-state index in [1.807, 2.05) is 12.1 Å². The van der Waals surface area contributed by atoms with Gasteiger partial charge in [0.15, 0.2) is 5.03 Å². The molecule has 0 aliphatic carbocycles. The third kappa shape index (κ3) is 2.28. The van der Waals surface area contributed by atoms with E-state index in [0.29, 0.717) is 5.69 Å². The second-order valence-corrected chi connectivity index (χ2v) is 6.05. The Labute approximate surface area is 111 Å². The van der Waals surface area contributed by atoms with Gasteiger partial charge in [-0.1, -0.05) is 12.1 Å². The number of hydrogen-bond donors (Lipinski definition) is 3. The number of aromatic amines is 1. The van der Waals surface area contributed by atoms with Crippen molar-refractivity contribution in [1.82, 2.24) is 10.2 Å². The summed E-state index contributed by atoms with van der Waals surface area (Å²) in [4.78, 5) is 0. The maximum absolute atomic E-state index is 12.1. The molecule has 2 aromatic rings. The molecule has 1 aliphatic heterocycles. The number of sulfonamides is 1. The Balaban J connectivity index is 1.96. The second kappa shape index (κ2) is 4.58. The molecule has 19 heavy (non-hydrogen) atoms. The smallest absolute Gasteiger partial charge is 0.278 e. The van der Waals surface area contributed by atoms with E-state index in [2.05, 4.69) is 20.2 Å². The molecule has 0 unspecified atom stereocenters. The van der Waals surface area contributed by atoms with Gasteiger partial charge in [-0.25, -0.2) is 0 Å².